The summed E-state index contributed by atoms with van der Waals surface area (Å²) in [6.07, 6.45) is 10.3. The topological polar surface area (TPSA) is 75.2 Å². The van der Waals surface area contributed by atoms with Crippen molar-refractivity contribution in [1.82, 2.24) is 14.9 Å². The van der Waals surface area contributed by atoms with Crippen molar-refractivity contribution in [2.75, 3.05) is 11.9 Å². The fourth-order valence-corrected chi connectivity index (χ4v) is 7.46. The number of hydrogen-bond donors (Lipinski definition) is 1. The van der Waals surface area contributed by atoms with Crippen molar-refractivity contribution >= 4 is 17.6 Å². The molecule has 5 aliphatic rings. The molecule has 2 aromatic rings. The van der Waals surface area contributed by atoms with Crippen molar-refractivity contribution in [1.29, 1.82) is 0 Å². The van der Waals surface area contributed by atoms with Gasteiger partial charge in [-0.3, -0.25) is 9.59 Å². The highest BCUT2D eigenvalue weighted by atomic mass is 19.1. The molecule has 0 spiro atoms. The number of carbonyl (C=O) groups is 2. The number of nitrogens with one attached hydrogen (secondary N) is 1. The Morgan fingerprint density at radius 3 is 2.52 bits per heavy atom. The van der Waals surface area contributed by atoms with Crippen LogP contribution in [0.15, 0.2) is 30.6 Å². The minimum atomic E-state index is -0.426. The van der Waals surface area contributed by atoms with Crippen LogP contribution in [0.25, 0.3) is 0 Å². The molecule has 0 saturated heterocycles. The summed E-state index contributed by atoms with van der Waals surface area (Å²) >= 11 is 0. The summed E-state index contributed by atoms with van der Waals surface area (Å²) < 4.78 is 13.5. The average Bonchev–Trinajstić information content (AvgIpc) is 2.77. The zero-order chi connectivity index (χ0) is 22.6. The van der Waals surface area contributed by atoms with Crippen LogP contribution in [0, 0.1) is 29.0 Å². The van der Waals surface area contributed by atoms with Crippen molar-refractivity contribution in [2.45, 2.75) is 57.9 Å². The molecule has 2 heterocycles. The Morgan fingerprint density at radius 2 is 1.82 bits per heavy atom. The lowest BCUT2D eigenvalue weighted by atomic mass is 9.49. The van der Waals surface area contributed by atoms with Crippen LogP contribution in [0.5, 0.6) is 0 Å². The van der Waals surface area contributed by atoms with Gasteiger partial charge in [0, 0.05) is 24.1 Å². The fourth-order valence-electron chi connectivity index (χ4n) is 7.46. The Hall–Kier alpha value is -2.83. The third kappa shape index (κ3) is 3.91. The van der Waals surface area contributed by atoms with Gasteiger partial charge in [-0.25, -0.2) is 14.4 Å². The van der Waals surface area contributed by atoms with E-state index in [1.807, 2.05) is 0 Å². The first-order valence-electron chi connectivity index (χ1n) is 12.1. The van der Waals surface area contributed by atoms with E-state index < -0.39 is 5.82 Å². The monoisotopic (exact) mass is 448 g/mol. The highest BCUT2D eigenvalue weighted by Gasteiger charge is 2.51. The van der Waals surface area contributed by atoms with Gasteiger partial charge < -0.3 is 10.2 Å². The molecule has 0 radical (unpaired) electrons. The Morgan fingerprint density at radius 1 is 1.09 bits per heavy atom. The number of anilines is 1. The third-order valence-electron chi connectivity index (χ3n) is 8.32. The van der Waals surface area contributed by atoms with Gasteiger partial charge in [0.05, 0.1) is 12.2 Å². The van der Waals surface area contributed by atoms with Crippen molar-refractivity contribution in [2.24, 2.45) is 23.2 Å². The van der Waals surface area contributed by atoms with E-state index in [9.17, 15) is 14.0 Å². The molecule has 4 fully saturated rings. The van der Waals surface area contributed by atoms with Gasteiger partial charge in [0.25, 0.3) is 5.91 Å². The summed E-state index contributed by atoms with van der Waals surface area (Å²) in [5.74, 6) is 2.44. The smallest absolute Gasteiger partial charge is 0.254 e. The molecular formula is C26H29FN4O2. The van der Waals surface area contributed by atoms with Crippen molar-refractivity contribution in [3.8, 4) is 0 Å². The molecule has 7 rings (SSSR count). The largest absolute Gasteiger partial charge is 0.332 e. The lowest BCUT2D eigenvalue weighted by Crippen LogP contribution is -2.47. The van der Waals surface area contributed by atoms with Gasteiger partial charge in [-0.1, -0.05) is 6.07 Å². The van der Waals surface area contributed by atoms with Gasteiger partial charge in [-0.15, -0.1) is 0 Å². The van der Waals surface area contributed by atoms with E-state index in [2.05, 4.69) is 15.3 Å². The van der Waals surface area contributed by atoms with Gasteiger partial charge >= 0.3 is 0 Å². The normalized spacial score (nSPS) is 29.6. The molecule has 1 N–H and O–H groups in total. The number of aromatic nitrogens is 2. The summed E-state index contributed by atoms with van der Waals surface area (Å²) in [5, 5.41) is 3.09. The average molecular weight is 449 g/mol. The molecule has 0 atom stereocenters. The minimum absolute atomic E-state index is 0.0520. The van der Waals surface area contributed by atoms with Gasteiger partial charge in [-0.2, -0.15) is 0 Å². The van der Waals surface area contributed by atoms with Gasteiger partial charge in [0.15, 0.2) is 0 Å². The molecular weight excluding hydrogens is 419 g/mol. The van der Waals surface area contributed by atoms with Crippen LogP contribution in [0.2, 0.25) is 0 Å². The van der Waals surface area contributed by atoms with Crippen LogP contribution >= 0.6 is 0 Å². The number of benzene rings is 1. The molecule has 1 aliphatic heterocycles. The highest BCUT2D eigenvalue weighted by molar-refractivity contribution is 5.94. The van der Waals surface area contributed by atoms with Gasteiger partial charge in [0.1, 0.15) is 18.0 Å². The summed E-state index contributed by atoms with van der Waals surface area (Å²) in [4.78, 5) is 36.3. The van der Waals surface area contributed by atoms with Crippen molar-refractivity contribution in [3.63, 3.8) is 0 Å². The van der Waals surface area contributed by atoms with E-state index in [4.69, 9.17) is 0 Å². The van der Waals surface area contributed by atoms with E-state index in [0.29, 0.717) is 37.3 Å². The Kier molecular flexibility index (Phi) is 4.96. The summed E-state index contributed by atoms with van der Waals surface area (Å²) in [6, 6.07) is 5.75. The summed E-state index contributed by atoms with van der Waals surface area (Å²) in [7, 11) is 0. The van der Waals surface area contributed by atoms with Crippen LogP contribution in [-0.4, -0.2) is 33.2 Å². The minimum Gasteiger partial charge on any atom is -0.332 e. The Balaban J connectivity index is 1.15. The molecule has 1 aromatic carbocycles. The van der Waals surface area contributed by atoms with E-state index >= 15 is 0 Å². The third-order valence-corrected chi connectivity index (χ3v) is 8.32. The van der Waals surface area contributed by atoms with Gasteiger partial charge in [0.2, 0.25) is 5.91 Å². The Bertz CT molecular complexity index is 1080. The number of hydrogen-bond acceptors (Lipinski definition) is 4. The zero-order valence-electron chi connectivity index (χ0n) is 18.7. The van der Waals surface area contributed by atoms with Crippen molar-refractivity contribution < 1.29 is 14.0 Å². The number of nitrogens with zero attached hydrogens (tertiary/aromatic N) is 3. The van der Waals surface area contributed by atoms with E-state index in [-0.39, 0.29) is 17.2 Å². The second-order valence-corrected chi connectivity index (χ2v) is 10.8. The number of amides is 2. The van der Waals surface area contributed by atoms with Crippen LogP contribution in [-0.2, 0) is 17.8 Å². The molecule has 33 heavy (non-hydrogen) atoms. The number of fused-ring (bicyclic) bond motifs is 1. The van der Waals surface area contributed by atoms with E-state index in [1.165, 1.54) is 57.0 Å². The fraction of sp³-hybridized carbons (Fsp3) is 0.538. The standard InChI is InChI=1S/C26H29FN4O2/c27-20-3-1-2-19(9-20)25(33)31-5-4-21-22(14-31)28-15-29-24(21)30-23(32)13-26-10-16-6-17(11-26)8-18(7-16)12-26/h1-3,9,15-18H,4-8,10-14H2,(H,28,29,30,32). The predicted octanol–water partition coefficient (Wildman–Crippen LogP) is 4.36. The molecule has 4 bridgehead atoms. The molecule has 2 amide bonds. The molecule has 4 aliphatic carbocycles. The SMILES string of the molecule is O=C(CC12CC3CC(CC(C3)C1)C2)Nc1ncnc2c1CCN(C(=O)c1cccc(F)c1)C2. The van der Waals surface area contributed by atoms with Crippen LogP contribution in [0.1, 0.15) is 66.6 Å². The van der Waals surface area contributed by atoms with Crippen LogP contribution in [0.4, 0.5) is 10.2 Å². The second-order valence-electron chi connectivity index (χ2n) is 10.8. The van der Waals surface area contributed by atoms with Crippen LogP contribution in [0.3, 0.4) is 0 Å². The molecule has 0 unspecified atom stereocenters. The molecule has 4 saturated carbocycles. The number of carbonyl (C=O) groups excluding carboxylic acids is 2. The zero-order valence-corrected chi connectivity index (χ0v) is 18.7. The van der Waals surface area contributed by atoms with E-state index in [1.54, 1.807) is 17.0 Å². The lowest BCUT2D eigenvalue weighted by molar-refractivity contribution is -0.124. The first-order valence-corrected chi connectivity index (χ1v) is 12.1. The Labute approximate surface area is 193 Å². The quantitative estimate of drug-likeness (QED) is 0.754. The molecule has 1 aromatic heterocycles. The number of halogens is 1. The van der Waals surface area contributed by atoms with Crippen LogP contribution < -0.4 is 5.32 Å². The second kappa shape index (κ2) is 7.89. The maximum Gasteiger partial charge on any atom is 0.254 e. The highest BCUT2D eigenvalue weighted by Crippen LogP contribution is 2.61. The maximum absolute atomic E-state index is 13.5. The summed E-state index contributed by atoms with van der Waals surface area (Å²) in [5.41, 5.74) is 2.16. The molecule has 6 nitrogen and oxygen atoms in total. The maximum atomic E-state index is 13.5. The number of rotatable bonds is 4. The van der Waals surface area contributed by atoms with Crippen molar-refractivity contribution in [3.05, 3.63) is 53.2 Å². The van der Waals surface area contributed by atoms with E-state index in [0.717, 1.165) is 29.0 Å². The predicted molar refractivity (Wildman–Crippen MR) is 121 cm³/mol. The summed E-state index contributed by atoms with van der Waals surface area (Å²) in [6.45, 7) is 0.804. The first kappa shape index (κ1) is 20.8. The van der Waals surface area contributed by atoms with Gasteiger partial charge in [-0.05, 0) is 86.3 Å². The molecule has 172 valence electrons. The molecule has 7 heteroatoms. The lowest BCUT2D eigenvalue weighted by Gasteiger charge is -2.56. The first-order chi connectivity index (χ1) is 16.0.